The molecule has 2 atom stereocenters. The van der Waals surface area contributed by atoms with E-state index in [9.17, 15) is 14.9 Å². The van der Waals surface area contributed by atoms with Crippen molar-refractivity contribution in [1.29, 1.82) is 5.26 Å². The number of hydrogen-bond acceptors (Lipinski definition) is 6. The van der Waals surface area contributed by atoms with E-state index >= 15 is 0 Å². The number of carbonyl (C=O) groups is 2. The molecule has 2 saturated heterocycles. The number of ether oxygens (including phenoxy) is 2. The van der Waals surface area contributed by atoms with E-state index in [4.69, 9.17) is 9.47 Å². The maximum atomic E-state index is 13.0. The molecule has 2 amide bonds. The second-order valence-corrected chi connectivity index (χ2v) is 9.07. The van der Waals surface area contributed by atoms with Gasteiger partial charge < -0.3 is 19.7 Å². The molecule has 5 rings (SSSR count). The molecule has 0 aliphatic carbocycles. The van der Waals surface area contributed by atoms with Crippen molar-refractivity contribution in [2.45, 2.75) is 38.1 Å². The number of hydrogen-bond donors (Lipinski definition) is 1. The Labute approximate surface area is 204 Å². The zero-order valence-electron chi connectivity index (χ0n) is 19.5. The number of benzene rings is 2. The number of nitrogens with zero attached hydrogens (tertiary/aromatic N) is 3. The normalized spacial score (nSPS) is 21.3. The van der Waals surface area contributed by atoms with E-state index in [1.165, 1.54) is 0 Å². The quantitative estimate of drug-likeness (QED) is 0.695. The summed E-state index contributed by atoms with van der Waals surface area (Å²) in [6.45, 7) is 7.28. The second kappa shape index (κ2) is 9.90. The fraction of sp³-hybridized carbons (Fsp3) is 0.370. The van der Waals surface area contributed by atoms with Crippen molar-refractivity contribution in [3.8, 4) is 11.8 Å². The van der Waals surface area contributed by atoms with Gasteiger partial charge in [0.15, 0.2) is 0 Å². The van der Waals surface area contributed by atoms with Gasteiger partial charge in [-0.25, -0.2) is 0 Å². The minimum absolute atomic E-state index is 0.145. The van der Waals surface area contributed by atoms with Crippen LogP contribution in [0.5, 0.6) is 5.75 Å². The van der Waals surface area contributed by atoms with Gasteiger partial charge >= 0.3 is 0 Å². The highest BCUT2D eigenvalue weighted by Gasteiger charge is 2.39. The van der Waals surface area contributed by atoms with Crippen LogP contribution < -0.4 is 10.1 Å². The van der Waals surface area contributed by atoms with Crippen LogP contribution in [0.1, 0.15) is 45.9 Å². The second-order valence-electron chi connectivity index (χ2n) is 9.07. The Morgan fingerprint density at radius 3 is 2.66 bits per heavy atom. The third-order valence-electron chi connectivity index (χ3n) is 6.87. The lowest BCUT2D eigenvalue weighted by Gasteiger charge is -2.31. The summed E-state index contributed by atoms with van der Waals surface area (Å²) in [5.41, 5.74) is 4.00. The number of fused-ring (bicyclic) bond motifs is 1. The molecule has 1 N–H and O–H groups in total. The van der Waals surface area contributed by atoms with Crippen molar-refractivity contribution in [2.75, 3.05) is 26.3 Å². The van der Waals surface area contributed by atoms with E-state index < -0.39 is 6.04 Å². The van der Waals surface area contributed by atoms with Gasteiger partial charge in [-0.05, 0) is 36.1 Å². The molecule has 3 aliphatic heterocycles. The van der Waals surface area contributed by atoms with E-state index in [0.717, 1.165) is 29.8 Å². The van der Waals surface area contributed by atoms with Gasteiger partial charge in [-0.15, -0.1) is 0 Å². The first kappa shape index (κ1) is 23.1. The third kappa shape index (κ3) is 4.65. The van der Waals surface area contributed by atoms with Crippen LogP contribution in [0.4, 0.5) is 0 Å². The molecule has 3 aliphatic rings. The molecule has 8 nitrogen and oxygen atoms in total. The Morgan fingerprint density at radius 2 is 1.94 bits per heavy atom. The lowest BCUT2D eigenvalue weighted by Crippen LogP contribution is -2.49. The first-order chi connectivity index (χ1) is 17.0. The predicted molar refractivity (Wildman–Crippen MR) is 128 cm³/mol. The molecule has 3 heterocycles. The average Bonchev–Trinajstić information content (AvgIpc) is 3.21. The van der Waals surface area contributed by atoms with Crippen molar-refractivity contribution < 1.29 is 19.1 Å². The topological polar surface area (TPSA) is 94.9 Å². The van der Waals surface area contributed by atoms with Crippen molar-refractivity contribution in [1.82, 2.24) is 15.1 Å². The van der Waals surface area contributed by atoms with Gasteiger partial charge in [0, 0.05) is 29.9 Å². The van der Waals surface area contributed by atoms with Gasteiger partial charge in [0.05, 0.1) is 25.8 Å². The molecule has 0 spiro atoms. The molecular formula is C27H28N4O4. The Balaban J connectivity index is 1.26. The highest BCUT2D eigenvalue weighted by molar-refractivity contribution is 6.02. The van der Waals surface area contributed by atoms with Gasteiger partial charge in [-0.1, -0.05) is 36.9 Å². The van der Waals surface area contributed by atoms with Crippen LogP contribution in [0.15, 0.2) is 54.7 Å². The zero-order valence-corrected chi connectivity index (χ0v) is 19.5. The molecule has 35 heavy (non-hydrogen) atoms. The highest BCUT2D eigenvalue weighted by atomic mass is 16.5. The number of carbonyl (C=O) groups excluding carboxylic acids is 2. The molecule has 2 fully saturated rings. The number of nitriles is 1. The van der Waals surface area contributed by atoms with Gasteiger partial charge in [-0.3, -0.25) is 14.5 Å². The maximum Gasteiger partial charge on any atom is 0.255 e. The van der Waals surface area contributed by atoms with E-state index in [1.807, 2.05) is 30.3 Å². The Bertz CT molecular complexity index is 1180. The molecule has 2 aromatic carbocycles. The summed E-state index contributed by atoms with van der Waals surface area (Å²) in [5.74, 6) is 0.317. The maximum absolute atomic E-state index is 13.0. The number of morpholine rings is 1. The monoisotopic (exact) mass is 472 g/mol. The van der Waals surface area contributed by atoms with Crippen molar-refractivity contribution in [3.63, 3.8) is 0 Å². The molecule has 8 heteroatoms. The summed E-state index contributed by atoms with van der Waals surface area (Å²) in [7, 11) is 0. The smallest absolute Gasteiger partial charge is 0.255 e. The Hall–Kier alpha value is -3.67. The van der Waals surface area contributed by atoms with Crippen molar-refractivity contribution >= 4 is 11.8 Å². The minimum Gasteiger partial charge on any atom is -0.489 e. The number of piperidine rings is 1. The zero-order chi connectivity index (χ0) is 24.4. The lowest BCUT2D eigenvalue weighted by molar-refractivity contribution is -0.126. The average molecular weight is 473 g/mol. The predicted octanol–water partition coefficient (Wildman–Crippen LogP) is 2.91. The minimum atomic E-state index is -0.500. The van der Waals surface area contributed by atoms with Gasteiger partial charge in [0.2, 0.25) is 5.91 Å². The van der Waals surface area contributed by atoms with Gasteiger partial charge in [0.25, 0.3) is 5.91 Å². The third-order valence-corrected chi connectivity index (χ3v) is 6.87. The summed E-state index contributed by atoms with van der Waals surface area (Å²) in [5, 5.41) is 12.5. The van der Waals surface area contributed by atoms with E-state index in [0.29, 0.717) is 56.2 Å². The van der Waals surface area contributed by atoms with Gasteiger partial charge in [0.1, 0.15) is 24.4 Å². The molecule has 0 saturated carbocycles. The van der Waals surface area contributed by atoms with Gasteiger partial charge in [-0.2, -0.15) is 5.26 Å². The molecule has 180 valence electrons. The van der Waals surface area contributed by atoms with Crippen molar-refractivity contribution in [3.05, 3.63) is 77.0 Å². The van der Waals surface area contributed by atoms with E-state index in [-0.39, 0.29) is 17.9 Å². The standard InChI is InChI=1S/C27H28N4O4/c1-18-5-10-23(26(32)29-18)31-16-22-21(27(31)33)3-2-4-25(22)35-17-19-6-8-20(9-7-19)24(15-28)30-11-13-34-14-12-30/h2-4,6-9,23-24H,1,5,10-14,16-17H2,(H,29,32)/t23-,24?/m0/s1. The number of rotatable bonds is 6. The summed E-state index contributed by atoms with van der Waals surface area (Å²) >= 11 is 0. The fourth-order valence-corrected chi connectivity index (χ4v) is 4.93. The van der Waals surface area contributed by atoms with Crippen LogP contribution in [0.3, 0.4) is 0 Å². The molecule has 0 bridgehead atoms. The molecule has 0 radical (unpaired) electrons. The van der Waals surface area contributed by atoms with E-state index in [2.05, 4.69) is 22.9 Å². The number of nitrogens with one attached hydrogen (secondary N) is 1. The molecule has 2 aromatic rings. The van der Waals surface area contributed by atoms with E-state index in [1.54, 1.807) is 17.0 Å². The highest BCUT2D eigenvalue weighted by Crippen LogP contribution is 2.34. The molecule has 1 unspecified atom stereocenters. The van der Waals surface area contributed by atoms with Crippen LogP contribution in [0, 0.1) is 11.3 Å². The fourth-order valence-electron chi connectivity index (χ4n) is 4.93. The summed E-state index contributed by atoms with van der Waals surface area (Å²) < 4.78 is 11.5. The van der Waals surface area contributed by atoms with Crippen LogP contribution in [0.25, 0.3) is 0 Å². The Morgan fingerprint density at radius 1 is 1.17 bits per heavy atom. The Kier molecular flexibility index (Phi) is 6.53. The van der Waals surface area contributed by atoms with Crippen LogP contribution >= 0.6 is 0 Å². The number of amides is 2. The number of allylic oxidation sites excluding steroid dienone is 1. The van der Waals surface area contributed by atoms with Crippen molar-refractivity contribution in [2.24, 2.45) is 0 Å². The molecular weight excluding hydrogens is 444 g/mol. The summed E-state index contributed by atoms with van der Waals surface area (Å²) in [6.07, 6.45) is 1.23. The summed E-state index contributed by atoms with van der Waals surface area (Å²) in [6, 6.07) is 14.9. The lowest BCUT2D eigenvalue weighted by atomic mass is 10.0. The first-order valence-electron chi connectivity index (χ1n) is 11.9. The van der Waals surface area contributed by atoms with Crippen LogP contribution in [0.2, 0.25) is 0 Å². The SMILES string of the molecule is C=C1CC[C@H](N2Cc3c(OCc4ccc(C(C#N)N5CCOCC5)cc4)cccc3C2=O)C(=O)N1. The first-order valence-corrected chi connectivity index (χ1v) is 11.9. The summed E-state index contributed by atoms with van der Waals surface area (Å²) in [4.78, 5) is 29.3. The molecule has 0 aromatic heterocycles. The van der Waals surface area contributed by atoms with Crippen LogP contribution in [-0.2, 0) is 22.7 Å². The largest absolute Gasteiger partial charge is 0.489 e. The van der Waals surface area contributed by atoms with Crippen LogP contribution in [-0.4, -0.2) is 54.0 Å².